The number of fused-ring (bicyclic) bond motifs is 1. The SMILES string of the molecule is CCCCNC(=O)C1N(CCCO)C(=O)[C@@H]2[C@@H](C(=O)Nc3ccccc3)[C@@]3(C)CCC12O3. The lowest BCUT2D eigenvalue weighted by atomic mass is 9.66. The summed E-state index contributed by atoms with van der Waals surface area (Å²) in [6.07, 6.45) is 3.32. The van der Waals surface area contributed by atoms with Crippen molar-refractivity contribution < 1.29 is 24.2 Å². The number of ether oxygens (including phenoxy) is 1. The predicted molar refractivity (Wildman–Crippen MR) is 119 cm³/mol. The number of amides is 3. The van der Waals surface area contributed by atoms with Crippen LogP contribution in [0.25, 0.3) is 0 Å². The highest BCUT2D eigenvalue weighted by atomic mass is 16.5. The quantitative estimate of drug-likeness (QED) is 0.504. The van der Waals surface area contributed by atoms with Gasteiger partial charge in [0.1, 0.15) is 11.6 Å². The number of aliphatic hydroxyl groups excluding tert-OH is 1. The Balaban J connectivity index is 1.66. The smallest absolute Gasteiger partial charge is 0.245 e. The van der Waals surface area contributed by atoms with E-state index in [1.807, 2.05) is 32.0 Å². The van der Waals surface area contributed by atoms with Crippen LogP contribution in [0.15, 0.2) is 30.3 Å². The van der Waals surface area contributed by atoms with Crippen LogP contribution in [0.3, 0.4) is 0 Å². The zero-order valence-electron chi connectivity index (χ0n) is 18.8. The van der Waals surface area contributed by atoms with E-state index in [2.05, 4.69) is 10.6 Å². The molecule has 8 heteroatoms. The lowest BCUT2D eigenvalue weighted by Gasteiger charge is -2.33. The summed E-state index contributed by atoms with van der Waals surface area (Å²) in [7, 11) is 0. The van der Waals surface area contributed by atoms with Gasteiger partial charge in [-0.1, -0.05) is 31.5 Å². The molecular formula is C24H33N3O5. The maximum atomic E-state index is 13.6. The van der Waals surface area contributed by atoms with Gasteiger partial charge in [-0.15, -0.1) is 0 Å². The maximum Gasteiger partial charge on any atom is 0.245 e. The molecule has 3 heterocycles. The zero-order valence-corrected chi connectivity index (χ0v) is 18.8. The van der Waals surface area contributed by atoms with Gasteiger partial charge in [-0.05, 0) is 44.7 Å². The van der Waals surface area contributed by atoms with E-state index >= 15 is 0 Å². The molecule has 3 N–H and O–H groups in total. The molecule has 3 fully saturated rings. The Morgan fingerprint density at radius 2 is 1.94 bits per heavy atom. The van der Waals surface area contributed by atoms with Crippen LogP contribution in [-0.2, 0) is 19.1 Å². The molecule has 1 spiro atoms. The summed E-state index contributed by atoms with van der Waals surface area (Å²) in [6.45, 7) is 4.64. The molecule has 4 rings (SSSR count). The number of hydrogen-bond acceptors (Lipinski definition) is 5. The molecule has 0 aliphatic carbocycles. The van der Waals surface area contributed by atoms with Crippen LogP contribution in [0.4, 0.5) is 5.69 Å². The van der Waals surface area contributed by atoms with Crippen LogP contribution in [0, 0.1) is 11.8 Å². The third-order valence-electron chi connectivity index (χ3n) is 7.24. The van der Waals surface area contributed by atoms with E-state index in [0.717, 1.165) is 12.8 Å². The monoisotopic (exact) mass is 443 g/mol. The lowest BCUT2D eigenvalue weighted by Crippen LogP contribution is -2.55. The summed E-state index contributed by atoms with van der Waals surface area (Å²) < 4.78 is 6.52. The van der Waals surface area contributed by atoms with Gasteiger partial charge in [0.2, 0.25) is 17.7 Å². The van der Waals surface area contributed by atoms with E-state index in [-0.39, 0.29) is 30.9 Å². The van der Waals surface area contributed by atoms with Crippen molar-refractivity contribution in [1.82, 2.24) is 10.2 Å². The summed E-state index contributed by atoms with van der Waals surface area (Å²) >= 11 is 0. The second-order valence-electron chi connectivity index (χ2n) is 9.34. The Labute approximate surface area is 188 Å². The van der Waals surface area contributed by atoms with Crippen molar-refractivity contribution in [3.8, 4) is 0 Å². The number of likely N-dealkylation sites (tertiary alicyclic amines) is 1. The molecule has 3 aliphatic heterocycles. The maximum absolute atomic E-state index is 13.6. The molecule has 174 valence electrons. The van der Waals surface area contributed by atoms with Crippen LogP contribution < -0.4 is 10.6 Å². The van der Waals surface area contributed by atoms with Crippen molar-refractivity contribution in [2.24, 2.45) is 11.8 Å². The second-order valence-corrected chi connectivity index (χ2v) is 9.34. The van der Waals surface area contributed by atoms with Gasteiger partial charge in [0.25, 0.3) is 0 Å². The number of carbonyl (C=O) groups excluding carboxylic acids is 3. The molecule has 8 nitrogen and oxygen atoms in total. The average Bonchev–Trinajstić information content (AvgIpc) is 3.34. The van der Waals surface area contributed by atoms with Gasteiger partial charge in [0.15, 0.2) is 0 Å². The molecule has 3 amide bonds. The molecule has 2 unspecified atom stereocenters. The lowest BCUT2D eigenvalue weighted by molar-refractivity contribution is -0.145. The second kappa shape index (κ2) is 8.83. The van der Waals surface area contributed by atoms with Gasteiger partial charge in [-0.25, -0.2) is 0 Å². The number of aliphatic hydroxyl groups is 1. The molecule has 1 aromatic carbocycles. The number of carbonyl (C=O) groups is 3. The third-order valence-corrected chi connectivity index (χ3v) is 7.24. The number of hydrogen-bond donors (Lipinski definition) is 3. The molecule has 5 atom stereocenters. The van der Waals surface area contributed by atoms with Crippen molar-refractivity contribution in [2.45, 2.75) is 63.2 Å². The molecule has 1 aromatic rings. The zero-order chi connectivity index (χ0) is 22.9. The molecule has 3 saturated heterocycles. The van der Waals surface area contributed by atoms with E-state index in [4.69, 9.17) is 4.74 Å². The minimum Gasteiger partial charge on any atom is -0.396 e. The van der Waals surface area contributed by atoms with Crippen molar-refractivity contribution in [2.75, 3.05) is 25.0 Å². The highest BCUT2D eigenvalue weighted by Crippen LogP contribution is 2.63. The van der Waals surface area contributed by atoms with E-state index in [9.17, 15) is 19.5 Å². The van der Waals surface area contributed by atoms with Crippen molar-refractivity contribution in [3.05, 3.63) is 30.3 Å². The molecular weight excluding hydrogens is 410 g/mol. The minimum atomic E-state index is -1.02. The topological polar surface area (TPSA) is 108 Å². The summed E-state index contributed by atoms with van der Waals surface area (Å²) in [5.41, 5.74) is -1.16. The summed E-state index contributed by atoms with van der Waals surface area (Å²) in [6, 6.07) is 8.36. The summed E-state index contributed by atoms with van der Waals surface area (Å²) in [4.78, 5) is 41.9. The third kappa shape index (κ3) is 3.59. The van der Waals surface area contributed by atoms with Gasteiger partial charge >= 0.3 is 0 Å². The molecule has 2 bridgehead atoms. The van der Waals surface area contributed by atoms with Gasteiger partial charge < -0.3 is 25.4 Å². The Hall–Kier alpha value is -2.45. The van der Waals surface area contributed by atoms with E-state index in [1.54, 1.807) is 12.1 Å². The molecule has 0 aromatic heterocycles. The number of benzene rings is 1. The molecule has 0 saturated carbocycles. The van der Waals surface area contributed by atoms with E-state index in [1.165, 1.54) is 4.90 Å². The standard InChI is InChI=1S/C24H33N3O5/c1-3-4-13-25-21(30)19-24-12-11-23(2,32-24)17(18(24)22(31)27(19)14-8-15-28)20(29)26-16-9-6-5-7-10-16/h5-7,9-10,17-19,28H,3-4,8,11-15H2,1-2H3,(H,25,30)(H,26,29)/t17-,18-,19?,23+,24?/m0/s1. The Bertz CT molecular complexity index is 878. The predicted octanol–water partition coefficient (Wildman–Crippen LogP) is 1.69. The largest absolute Gasteiger partial charge is 0.396 e. The van der Waals surface area contributed by atoms with Gasteiger partial charge in [-0.2, -0.15) is 0 Å². The van der Waals surface area contributed by atoms with Crippen molar-refractivity contribution >= 4 is 23.4 Å². The Kier molecular flexibility index (Phi) is 6.27. The van der Waals surface area contributed by atoms with Crippen LogP contribution >= 0.6 is 0 Å². The Morgan fingerprint density at radius 3 is 2.62 bits per heavy atom. The fourth-order valence-electron chi connectivity index (χ4n) is 5.84. The number of rotatable bonds is 9. The van der Waals surface area contributed by atoms with E-state index < -0.39 is 29.1 Å². The number of anilines is 1. The number of nitrogens with zero attached hydrogens (tertiary/aromatic N) is 1. The fourth-order valence-corrected chi connectivity index (χ4v) is 5.84. The Morgan fingerprint density at radius 1 is 1.19 bits per heavy atom. The van der Waals surface area contributed by atoms with Crippen LogP contribution in [0.2, 0.25) is 0 Å². The first-order valence-corrected chi connectivity index (χ1v) is 11.6. The normalized spacial score (nSPS) is 32.8. The van der Waals surface area contributed by atoms with Crippen molar-refractivity contribution in [1.29, 1.82) is 0 Å². The first-order valence-electron chi connectivity index (χ1n) is 11.6. The fraction of sp³-hybridized carbons (Fsp3) is 0.625. The van der Waals surface area contributed by atoms with Crippen LogP contribution in [0.5, 0.6) is 0 Å². The van der Waals surface area contributed by atoms with Gasteiger partial charge in [0.05, 0.1) is 17.4 Å². The minimum absolute atomic E-state index is 0.0812. The van der Waals surface area contributed by atoms with Crippen LogP contribution in [-0.4, -0.2) is 64.7 Å². The average molecular weight is 444 g/mol. The molecule has 3 aliphatic rings. The highest BCUT2D eigenvalue weighted by Gasteiger charge is 2.77. The van der Waals surface area contributed by atoms with Gasteiger partial charge in [0, 0.05) is 25.4 Å². The van der Waals surface area contributed by atoms with Crippen LogP contribution in [0.1, 0.15) is 46.0 Å². The number of nitrogens with one attached hydrogen (secondary N) is 2. The highest BCUT2D eigenvalue weighted by molar-refractivity contribution is 6.02. The van der Waals surface area contributed by atoms with Crippen molar-refractivity contribution in [3.63, 3.8) is 0 Å². The summed E-state index contributed by atoms with van der Waals surface area (Å²) in [5.74, 6) is -2.13. The number of unbranched alkanes of at least 4 members (excludes halogenated alkanes) is 1. The molecule has 32 heavy (non-hydrogen) atoms. The number of para-hydroxylation sites is 1. The first-order chi connectivity index (χ1) is 15.4. The molecule has 0 radical (unpaired) electrons. The van der Waals surface area contributed by atoms with E-state index in [0.29, 0.717) is 31.5 Å². The van der Waals surface area contributed by atoms with Gasteiger partial charge in [-0.3, -0.25) is 14.4 Å². The summed E-state index contributed by atoms with van der Waals surface area (Å²) in [5, 5.41) is 15.3. The first kappa shape index (κ1) is 22.7.